The standard InChI is InChI=1S/C21H24N6O/c28-21(23-15-6-7-15)9-8-16-12-17-14-26(10-3-11-27(17)25-16)20-13-22-18-4-1-2-5-19(18)24-20/h1-2,4-5,12-13,15H,3,6-11,14H2,(H,23,28). The highest BCUT2D eigenvalue weighted by atomic mass is 16.1. The molecule has 0 unspecified atom stereocenters. The summed E-state index contributed by atoms with van der Waals surface area (Å²) in [4.78, 5) is 23.6. The summed E-state index contributed by atoms with van der Waals surface area (Å²) in [5.41, 5.74) is 4.00. The molecule has 5 rings (SSSR count). The lowest BCUT2D eigenvalue weighted by atomic mass is 10.2. The smallest absolute Gasteiger partial charge is 0.220 e. The number of carbonyl (C=O) groups excluding carboxylic acids is 1. The largest absolute Gasteiger partial charge is 0.353 e. The highest BCUT2D eigenvalue weighted by Crippen LogP contribution is 2.22. The number of aryl methyl sites for hydroxylation is 2. The van der Waals surface area contributed by atoms with Gasteiger partial charge in [-0.15, -0.1) is 0 Å². The topological polar surface area (TPSA) is 75.9 Å². The van der Waals surface area contributed by atoms with Gasteiger partial charge in [0.2, 0.25) is 5.91 Å². The van der Waals surface area contributed by atoms with E-state index in [2.05, 4.69) is 25.9 Å². The fraction of sp³-hybridized carbons (Fsp3) is 0.429. The van der Waals surface area contributed by atoms with Crippen LogP contribution in [-0.4, -0.2) is 38.2 Å². The van der Waals surface area contributed by atoms with Gasteiger partial charge in [0, 0.05) is 32.0 Å². The van der Waals surface area contributed by atoms with Gasteiger partial charge in [0.25, 0.3) is 0 Å². The van der Waals surface area contributed by atoms with Crippen molar-refractivity contribution in [1.82, 2.24) is 25.1 Å². The maximum Gasteiger partial charge on any atom is 0.220 e. The average Bonchev–Trinajstić information content (AvgIpc) is 3.48. The Hall–Kier alpha value is -2.96. The molecule has 0 spiro atoms. The third kappa shape index (κ3) is 3.69. The van der Waals surface area contributed by atoms with Crippen LogP contribution in [0.5, 0.6) is 0 Å². The molecule has 7 nitrogen and oxygen atoms in total. The van der Waals surface area contributed by atoms with E-state index >= 15 is 0 Å². The van der Waals surface area contributed by atoms with Crippen LogP contribution in [0.25, 0.3) is 11.0 Å². The molecular weight excluding hydrogens is 352 g/mol. The van der Waals surface area contributed by atoms with Crippen LogP contribution >= 0.6 is 0 Å². The summed E-state index contributed by atoms with van der Waals surface area (Å²) in [5, 5.41) is 7.77. The molecule has 0 bridgehead atoms. The van der Waals surface area contributed by atoms with E-state index in [1.165, 1.54) is 5.69 Å². The zero-order valence-electron chi connectivity index (χ0n) is 15.8. The van der Waals surface area contributed by atoms with Crippen molar-refractivity contribution in [3.05, 3.63) is 47.9 Å². The molecule has 1 aliphatic carbocycles. The number of fused-ring (bicyclic) bond motifs is 2. The number of carbonyl (C=O) groups is 1. The molecule has 144 valence electrons. The van der Waals surface area contributed by atoms with Crippen LogP contribution in [0.15, 0.2) is 36.5 Å². The van der Waals surface area contributed by atoms with E-state index in [-0.39, 0.29) is 5.91 Å². The van der Waals surface area contributed by atoms with Crippen LogP contribution in [0.4, 0.5) is 5.82 Å². The first-order chi connectivity index (χ1) is 13.7. The zero-order chi connectivity index (χ0) is 18.9. The summed E-state index contributed by atoms with van der Waals surface area (Å²) in [5.74, 6) is 1.04. The molecule has 1 aliphatic heterocycles. The van der Waals surface area contributed by atoms with Gasteiger partial charge in [-0.3, -0.25) is 14.5 Å². The summed E-state index contributed by atoms with van der Waals surface area (Å²) in [6.45, 7) is 2.57. The van der Waals surface area contributed by atoms with Gasteiger partial charge in [-0.2, -0.15) is 5.10 Å². The number of nitrogens with one attached hydrogen (secondary N) is 1. The zero-order valence-corrected chi connectivity index (χ0v) is 15.8. The number of hydrogen-bond acceptors (Lipinski definition) is 5. The van der Waals surface area contributed by atoms with Crippen molar-refractivity contribution in [1.29, 1.82) is 0 Å². The normalized spacial score (nSPS) is 16.6. The van der Waals surface area contributed by atoms with Crippen LogP contribution in [0.2, 0.25) is 0 Å². The SMILES string of the molecule is O=C(CCc1cc2n(n1)CCCN(c1cnc3ccccc3n1)C2)NC1CC1. The first-order valence-corrected chi connectivity index (χ1v) is 10.1. The van der Waals surface area contributed by atoms with E-state index < -0.39 is 0 Å². The fourth-order valence-electron chi connectivity index (χ4n) is 3.71. The van der Waals surface area contributed by atoms with Crippen molar-refractivity contribution >= 4 is 22.8 Å². The van der Waals surface area contributed by atoms with E-state index in [0.29, 0.717) is 18.9 Å². The van der Waals surface area contributed by atoms with Gasteiger partial charge >= 0.3 is 0 Å². The minimum atomic E-state index is 0.138. The highest BCUT2D eigenvalue weighted by molar-refractivity contribution is 5.77. The van der Waals surface area contributed by atoms with E-state index in [9.17, 15) is 4.79 Å². The van der Waals surface area contributed by atoms with Crippen LogP contribution in [0.3, 0.4) is 0 Å². The van der Waals surface area contributed by atoms with Crippen molar-refractivity contribution in [2.45, 2.75) is 51.2 Å². The molecule has 0 saturated heterocycles. The quantitative estimate of drug-likeness (QED) is 0.740. The van der Waals surface area contributed by atoms with Gasteiger partial charge in [-0.1, -0.05) is 12.1 Å². The Labute approximate surface area is 163 Å². The van der Waals surface area contributed by atoms with Crippen molar-refractivity contribution in [3.63, 3.8) is 0 Å². The third-order valence-corrected chi connectivity index (χ3v) is 5.38. The summed E-state index contributed by atoms with van der Waals surface area (Å²) in [7, 11) is 0. The average molecular weight is 376 g/mol. The van der Waals surface area contributed by atoms with Crippen molar-refractivity contribution in [2.24, 2.45) is 0 Å². The summed E-state index contributed by atoms with van der Waals surface area (Å²) < 4.78 is 2.09. The number of amides is 1. The van der Waals surface area contributed by atoms with Crippen molar-refractivity contribution in [3.8, 4) is 0 Å². The lowest BCUT2D eigenvalue weighted by Gasteiger charge is -2.20. The molecule has 2 aliphatic rings. The number of anilines is 1. The molecule has 3 heterocycles. The van der Waals surface area contributed by atoms with E-state index in [4.69, 9.17) is 10.1 Å². The number of nitrogens with zero attached hydrogens (tertiary/aromatic N) is 5. The monoisotopic (exact) mass is 376 g/mol. The van der Waals surface area contributed by atoms with Crippen LogP contribution in [-0.2, 0) is 24.3 Å². The minimum Gasteiger partial charge on any atom is -0.353 e. The van der Waals surface area contributed by atoms with Crippen molar-refractivity contribution in [2.75, 3.05) is 11.4 Å². The number of rotatable bonds is 5. The predicted molar refractivity (Wildman–Crippen MR) is 107 cm³/mol. The molecular formula is C21H24N6O. The first kappa shape index (κ1) is 17.2. The Morgan fingerprint density at radius 1 is 1.18 bits per heavy atom. The van der Waals surface area contributed by atoms with E-state index in [1.807, 2.05) is 30.5 Å². The Balaban J connectivity index is 1.30. The molecule has 7 heteroatoms. The number of aromatic nitrogens is 4. The maximum absolute atomic E-state index is 11.9. The highest BCUT2D eigenvalue weighted by Gasteiger charge is 2.23. The molecule has 0 atom stereocenters. The molecule has 2 aromatic heterocycles. The van der Waals surface area contributed by atoms with Crippen LogP contribution < -0.4 is 10.2 Å². The van der Waals surface area contributed by atoms with Gasteiger partial charge in [0.05, 0.1) is 35.2 Å². The Morgan fingerprint density at radius 2 is 2.04 bits per heavy atom. The molecule has 0 radical (unpaired) electrons. The van der Waals surface area contributed by atoms with Gasteiger partial charge in [-0.25, -0.2) is 4.98 Å². The Bertz CT molecular complexity index is 1010. The minimum absolute atomic E-state index is 0.138. The molecule has 1 fully saturated rings. The number of hydrogen-bond donors (Lipinski definition) is 1. The Kier molecular flexibility index (Phi) is 4.43. The van der Waals surface area contributed by atoms with Gasteiger partial charge < -0.3 is 10.2 Å². The molecule has 1 N–H and O–H groups in total. The molecule has 1 saturated carbocycles. The molecule has 28 heavy (non-hydrogen) atoms. The third-order valence-electron chi connectivity index (χ3n) is 5.38. The molecule has 1 amide bonds. The summed E-state index contributed by atoms with van der Waals surface area (Å²) in [6, 6.07) is 10.5. The Morgan fingerprint density at radius 3 is 2.89 bits per heavy atom. The second-order valence-electron chi connectivity index (χ2n) is 7.68. The summed E-state index contributed by atoms with van der Waals surface area (Å²) in [6.07, 6.45) is 6.31. The molecule has 1 aromatic carbocycles. The maximum atomic E-state index is 11.9. The second-order valence-corrected chi connectivity index (χ2v) is 7.68. The predicted octanol–water partition coefficient (Wildman–Crippen LogP) is 2.45. The second kappa shape index (κ2) is 7.22. The van der Waals surface area contributed by atoms with Crippen molar-refractivity contribution < 1.29 is 4.79 Å². The number of benzene rings is 1. The first-order valence-electron chi connectivity index (χ1n) is 10.1. The van der Waals surface area contributed by atoms with Gasteiger partial charge in [-0.05, 0) is 37.5 Å². The van der Waals surface area contributed by atoms with Crippen LogP contribution in [0, 0.1) is 0 Å². The van der Waals surface area contributed by atoms with E-state index in [0.717, 1.165) is 61.4 Å². The van der Waals surface area contributed by atoms with Gasteiger partial charge in [0.15, 0.2) is 0 Å². The van der Waals surface area contributed by atoms with E-state index in [1.54, 1.807) is 0 Å². The molecule has 3 aromatic rings. The lowest BCUT2D eigenvalue weighted by molar-refractivity contribution is -0.121. The number of para-hydroxylation sites is 2. The van der Waals surface area contributed by atoms with Gasteiger partial charge in [0.1, 0.15) is 5.82 Å². The summed E-state index contributed by atoms with van der Waals surface area (Å²) >= 11 is 0. The lowest BCUT2D eigenvalue weighted by Crippen LogP contribution is -2.25. The van der Waals surface area contributed by atoms with Crippen LogP contribution in [0.1, 0.15) is 37.1 Å². The fourth-order valence-corrected chi connectivity index (χ4v) is 3.71.